The molecule has 3 heterocycles. The fourth-order valence-corrected chi connectivity index (χ4v) is 4.65. The number of carbonyl (C=O) groups is 1. The Morgan fingerprint density at radius 2 is 2.00 bits per heavy atom. The molecular formula is C18H22N2O7S. The molecule has 1 saturated heterocycles. The van der Waals surface area contributed by atoms with Gasteiger partial charge < -0.3 is 19.0 Å². The van der Waals surface area contributed by atoms with E-state index in [1.54, 1.807) is 0 Å². The van der Waals surface area contributed by atoms with Gasteiger partial charge in [0.25, 0.3) is 6.47 Å². The maximum Gasteiger partial charge on any atom is 0.290 e. The van der Waals surface area contributed by atoms with Crippen LogP contribution >= 0.6 is 0 Å². The van der Waals surface area contributed by atoms with Gasteiger partial charge in [-0.3, -0.25) is 4.79 Å². The van der Waals surface area contributed by atoms with Crippen LogP contribution in [-0.4, -0.2) is 67.5 Å². The fraction of sp³-hybridized carbons (Fsp3) is 0.444. The molecular weight excluding hydrogens is 388 g/mol. The molecule has 2 aliphatic rings. The van der Waals surface area contributed by atoms with Gasteiger partial charge in [0, 0.05) is 18.5 Å². The van der Waals surface area contributed by atoms with Crippen LogP contribution in [0.4, 0.5) is 0 Å². The Balaban J connectivity index is 0.000000706. The summed E-state index contributed by atoms with van der Waals surface area (Å²) in [5.41, 5.74) is 1.58. The summed E-state index contributed by atoms with van der Waals surface area (Å²) in [6, 6.07) is 9.61. The lowest BCUT2D eigenvalue weighted by Gasteiger charge is -2.28. The number of fused-ring (bicyclic) bond motifs is 1. The molecule has 1 N–H and O–H groups in total. The second-order valence-electron chi connectivity index (χ2n) is 6.29. The van der Waals surface area contributed by atoms with Crippen molar-refractivity contribution in [3.05, 3.63) is 41.8 Å². The van der Waals surface area contributed by atoms with Crippen molar-refractivity contribution >= 4 is 16.5 Å². The number of oxazole rings is 1. The number of sulfonamides is 1. The van der Waals surface area contributed by atoms with Crippen LogP contribution in [0.1, 0.15) is 11.5 Å². The monoisotopic (exact) mass is 410 g/mol. The van der Waals surface area contributed by atoms with E-state index in [4.69, 9.17) is 23.8 Å². The maximum atomic E-state index is 12.7. The minimum absolute atomic E-state index is 0.0638. The quantitative estimate of drug-likeness (QED) is 0.746. The van der Waals surface area contributed by atoms with Crippen LogP contribution in [-0.2, 0) is 37.3 Å². The van der Waals surface area contributed by atoms with Gasteiger partial charge in [-0.1, -0.05) is 18.2 Å². The second kappa shape index (κ2) is 9.28. The molecule has 1 aromatic heterocycles. The predicted octanol–water partition coefficient (Wildman–Crippen LogP) is 1.15. The third kappa shape index (κ3) is 4.96. The fourth-order valence-electron chi connectivity index (χ4n) is 3.09. The van der Waals surface area contributed by atoms with Crippen LogP contribution in [0, 0.1) is 0 Å². The molecule has 0 radical (unpaired) electrons. The zero-order valence-corrected chi connectivity index (χ0v) is 16.0. The zero-order valence-electron chi connectivity index (χ0n) is 15.2. The molecule has 1 atom stereocenters. The Bertz CT molecular complexity index is 877. The Morgan fingerprint density at radius 3 is 2.68 bits per heavy atom. The van der Waals surface area contributed by atoms with Gasteiger partial charge in [-0.05, 0) is 12.1 Å². The van der Waals surface area contributed by atoms with Gasteiger partial charge in [-0.15, -0.1) is 0 Å². The molecule has 1 aromatic carbocycles. The van der Waals surface area contributed by atoms with Crippen molar-refractivity contribution in [3.63, 3.8) is 0 Å². The number of hydrogen-bond donors (Lipinski definition) is 1. The van der Waals surface area contributed by atoms with E-state index in [0.717, 1.165) is 11.3 Å². The van der Waals surface area contributed by atoms with E-state index in [1.165, 1.54) is 4.31 Å². The van der Waals surface area contributed by atoms with Crippen LogP contribution in [0.25, 0.3) is 11.5 Å². The SMILES string of the molecule is O=CO.O=S(=O)(CC1COCCO1)N1CCc2oc(-c3ccccc3)nc2C1. The molecule has 0 saturated carbocycles. The van der Waals surface area contributed by atoms with E-state index < -0.39 is 16.1 Å². The first kappa shape index (κ1) is 20.5. The number of carboxylic acid groups (broad SMARTS) is 1. The lowest BCUT2D eigenvalue weighted by molar-refractivity contribution is -0.122. The Hall–Kier alpha value is -2.27. The normalized spacial score (nSPS) is 19.9. The van der Waals surface area contributed by atoms with Gasteiger partial charge in [0.05, 0.1) is 43.9 Å². The van der Waals surface area contributed by atoms with Gasteiger partial charge in [0.15, 0.2) is 0 Å². The second-order valence-corrected chi connectivity index (χ2v) is 8.30. The number of ether oxygens (including phenoxy) is 2. The molecule has 152 valence electrons. The van der Waals surface area contributed by atoms with Crippen molar-refractivity contribution in [3.8, 4) is 11.5 Å². The summed E-state index contributed by atoms with van der Waals surface area (Å²) in [6.45, 7) is 1.66. The van der Waals surface area contributed by atoms with E-state index in [9.17, 15) is 8.42 Å². The van der Waals surface area contributed by atoms with Crippen molar-refractivity contribution in [2.45, 2.75) is 19.1 Å². The first-order chi connectivity index (χ1) is 13.5. The van der Waals surface area contributed by atoms with Crippen LogP contribution < -0.4 is 0 Å². The molecule has 2 aliphatic heterocycles. The van der Waals surface area contributed by atoms with Gasteiger partial charge in [-0.2, -0.15) is 4.31 Å². The minimum Gasteiger partial charge on any atom is -0.483 e. The highest BCUT2D eigenvalue weighted by Gasteiger charge is 2.33. The van der Waals surface area contributed by atoms with E-state index in [2.05, 4.69) is 4.98 Å². The highest BCUT2D eigenvalue weighted by atomic mass is 32.2. The molecule has 2 aromatic rings. The summed E-state index contributed by atoms with van der Waals surface area (Å²) in [6.07, 6.45) is 0.119. The molecule has 1 unspecified atom stereocenters. The molecule has 0 spiro atoms. The highest BCUT2D eigenvalue weighted by molar-refractivity contribution is 7.89. The van der Waals surface area contributed by atoms with E-state index in [1.807, 2.05) is 30.3 Å². The van der Waals surface area contributed by atoms with Crippen LogP contribution in [0.15, 0.2) is 34.7 Å². The summed E-state index contributed by atoms with van der Waals surface area (Å²) in [7, 11) is -3.43. The zero-order chi connectivity index (χ0) is 20.0. The van der Waals surface area contributed by atoms with Crippen molar-refractivity contribution in [2.75, 3.05) is 32.1 Å². The van der Waals surface area contributed by atoms with E-state index >= 15 is 0 Å². The summed E-state index contributed by atoms with van der Waals surface area (Å²) in [4.78, 5) is 12.9. The Kier molecular flexibility index (Phi) is 6.79. The van der Waals surface area contributed by atoms with Crippen molar-refractivity contribution in [1.29, 1.82) is 0 Å². The molecule has 1 fully saturated rings. The van der Waals surface area contributed by atoms with Crippen LogP contribution in [0.2, 0.25) is 0 Å². The first-order valence-electron chi connectivity index (χ1n) is 8.82. The van der Waals surface area contributed by atoms with Crippen molar-refractivity contribution in [1.82, 2.24) is 9.29 Å². The van der Waals surface area contributed by atoms with Gasteiger partial charge in [0.2, 0.25) is 15.9 Å². The van der Waals surface area contributed by atoms with Gasteiger partial charge in [-0.25, -0.2) is 13.4 Å². The summed E-state index contributed by atoms with van der Waals surface area (Å²) < 4.78 is 43.4. The number of aromatic nitrogens is 1. The minimum atomic E-state index is -3.43. The molecule has 0 amide bonds. The standard InChI is InChI=1S/C17H20N2O5S.CH2O2/c20-25(21,12-14-11-22-8-9-23-14)19-7-6-16-15(10-19)18-17(24-16)13-4-2-1-3-5-13;2-1-3/h1-5,14H,6-12H2;1H,(H,2,3). The van der Waals surface area contributed by atoms with Crippen molar-refractivity contribution in [2.24, 2.45) is 0 Å². The van der Waals surface area contributed by atoms with Crippen molar-refractivity contribution < 1.29 is 32.2 Å². The molecule has 9 nitrogen and oxygen atoms in total. The molecule has 4 rings (SSSR count). The largest absolute Gasteiger partial charge is 0.483 e. The lowest BCUT2D eigenvalue weighted by Crippen LogP contribution is -2.43. The third-order valence-corrected chi connectivity index (χ3v) is 6.28. The Labute approximate surface area is 162 Å². The maximum absolute atomic E-state index is 12.7. The van der Waals surface area contributed by atoms with E-state index in [0.29, 0.717) is 44.4 Å². The molecule has 0 aliphatic carbocycles. The summed E-state index contributed by atoms with van der Waals surface area (Å²) in [5, 5.41) is 6.89. The average Bonchev–Trinajstić information content (AvgIpc) is 3.13. The van der Waals surface area contributed by atoms with Crippen LogP contribution in [0.3, 0.4) is 0 Å². The van der Waals surface area contributed by atoms with Crippen LogP contribution in [0.5, 0.6) is 0 Å². The third-order valence-electron chi connectivity index (χ3n) is 4.39. The number of rotatable bonds is 4. The van der Waals surface area contributed by atoms with E-state index in [-0.39, 0.29) is 18.8 Å². The first-order valence-corrected chi connectivity index (χ1v) is 10.4. The highest BCUT2D eigenvalue weighted by Crippen LogP contribution is 2.27. The number of hydrogen-bond acceptors (Lipinski definition) is 7. The number of benzene rings is 1. The molecule has 28 heavy (non-hydrogen) atoms. The summed E-state index contributed by atoms with van der Waals surface area (Å²) in [5.74, 6) is 1.24. The number of nitrogens with zero attached hydrogens (tertiary/aromatic N) is 2. The summed E-state index contributed by atoms with van der Waals surface area (Å²) >= 11 is 0. The van der Waals surface area contributed by atoms with Gasteiger partial charge >= 0.3 is 0 Å². The van der Waals surface area contributed by atoms with Gasteiger partial charge in [0.1, 0.15) is 5.76 Å². The lowest BCUT2D eigenvalue weighted by atomic mass is 10.2. The predicted molar refractivity (Wildman–Crippen MR) is 99.1 cm³/mol. The molecule has 0 bridgehead atoms. The average molecular weight is 410 g/mol. The molecule has 10 heteroatoms. The topological polar surface area (TPSA) is 119 Å². The Morgan fingerprint density at radius 1 is 1.25 bits per heavy atom. The smallest absolute Gasteiger partial charge is 0.290 e.